The Bertz CT molecular complexity index is 1400. The number of nitro groups is 1. The van der Waals surface area contributed by atoms with Crippen LogP contribution in [0.2, 0.25) is 0 Å². The van der Waals surface area contributed by atoms with Gasteiger partial charge >= 0.3 is 0 Å². The van der Waals surface area contributed by atoms with Crippen molar-refractivity contribution < 1.29 is 14.5 Å². The SMILES string of the molecule is O=C1C=CC(=O)c2c1ccc1c3ccccc3n(Cc3cccc([N+](=O)[O-])c3)c21. The molecule has 0 bridgehead atoms. The van der Waals surface area contributed by atoms with Gasteiger partial charge in [0.2, 0.25) is 0 Å². The Labute approximate surface area is 164 Å². The van der Waals surface area contributed by atoms with Gasteiger partial charge in [-0.1, -0.05) is 36.4 Å². The third-order valence-corrected chi connectivity index (χ3v) is 5.29. The van der Waals surface area contributed by atoms with Gasteiger partial charge in [0.05, 0.1) is 16.0 Å². The summed E-state index contributed by atoms with van der Waals surface area (Å²) in [5, 5.41) is 13.0. The first-order chi connectivity index (χ1) is 14.0. The van der Waals surface area contributed by atoms with E-state index in [4.69, 9.17) is 0 Å². The molecule has 0 unspecified atom stereocenters. The van der Waals surface area contributed by atoms with Crippen LogP contribution in [0.25, 0.3) is 21.8 Å². The molecule has 0 aliphatic heterocycles. The number of hydrogen-bond donors (Lipinski definition) is 0. The molecule has 6 nitrogen and oxygen atoms in total. The number of aromatic nitrogens is 1. The number of para-hydroxylation sites is 1. The van der Waals surface area contributed by atoms with Crippen molar-refractivity contribution in [1.82, 2.24) is 4.57 Å². The molecule has 29 heavy (non-hydrogen) atoms. The number of carbonyl (C=O) groups is 2. The highest BCUT2D eigenvalue weighted by molar-refractivity contribution is 6.28. The minimum Gasteiger partial charge on any atom is -0.335 e. The van der Waals surface area contributed by atoms with Crippen LogP contribution >= 0.6 is 0 Å². The molecule has 0 atom stereocenters. The first-order valence-electron chi connectivity index (χ1n) is 9.08. The van der Waals surface area contributed by atoms with E-state index in [9.17, 15) is 19.7 Å². The molecule has 3 aromatic carbocycles. The van der Waals surface area contributed by atoms with Crippen LogP contribution in [0.5, 0.6) is 0 Å². The molecule has 0 amide bonds. The van der Waals surface area contributed by atoms with E-state index in [0.717, 1.165) is 21.9 Å². The largest absolute Gasteiger partial charge is 0.335 e. The molecule has 1 aromatic heterocycles. The van der Waals surface area contributed by atoms with Crippen molar-refractivity contribution in [3.05, 3.63) is 99.6 Å². The number of nitro benzene ring substituents is 1. The molecule has 1 aliphatic carbocycles. The molecule has 1 heterocycles. The van der Waals surface area contributed by atoms with Gasteiger partial charge in [0, 0.05) is 40.5 Å². The first kappa shape index (κ1) is 17.1. The number of non-ortho nitro benzene ring substituents is 1. The molecule has 5 rings (SSSR count). The van der Waals surface area contributed by atoms with Crippen molar-refractivity contribution in [2.75, 3.05) is 0 Å². The second kappa shape index (κ2) is 6.24. The maximum absolute atomic E-state index is 12.7. The van der Waals surface area contributed by atoms with Crippen LogP contribution in [0.3, 0.4) is 0 Å². The van der Waals surface area contributed by atoms with Crippen LogP contribution < -0.4 is 0 Å². The van der Waals surface area contributed by atoms with E-state index in [1.165, 1.54) is 24.3 Å². The Morgan fingerprint density at radius 3 is 2.48 bits per heavy atom. The zero-order chi connectivity index (χ0) is 20.1. The van der Waals surface area contributed by atoms with E-state index in [0.29, 0.717) is 23.2 Å². The van der Waals surface area contributed by atoms with Gasteiger partial charge in [0.25, 0.3) is 5.69 Å². The van der Waals surface area contributed by atoms with Gasteiger partial charge in [-0.3, -0.25) is 19.7 Å². The van der Waals surface area contributed by atoms with Crippen molar-refractivity contribution in [3.8, 4) is 0 Å². The Morgan fingerprint density at radius 2 is 1.66 bits per heavy atom. The Morgan fingerprint density at radius 1 is 0.862 bits per heavy atom. The molecule has 140 valence electrons. The predicted molar refractivity (Wildman–Crippen MR) is 109 cm³/mol. The summed E-state index contributed by atoms with van der Waals surface area (Å²) in [6.07, 6.45) is 2.60. The summed E-state index contributed by atoms with van der Waals surface area (Å²) in [5.74, 6) is -0.415. The molecular formula is C23H14N2O4. The number of nitrogens with zero attached hydrogens (tertiary/aromatic N) is 2. The predicted octanol–water partition coefficient (Wildman–Crippen LogP) is 4.69. The summed E-state index contributed by atoms with van der Waals surface area (Å²) in [5.41, 5.74) is 3.10. The minimum atomic E-state index is -0.426. The molecule has 1 aliphatic rings. The summed E-state index contributed by atoms with van der Waals surface area (Å²) < 4.78 is 1.97. The molecule has 0 radical (unpaired) electrons. The molecular weight excluding hydrogens is 368 g/mol. The van der Waals surface area contributed by atoms with Crippen molar-refractivity contribution in [2.24, 2.45) is 0 Å². The average Bonchev–Trinajstić information content (AvgIpc) is 3.05. The smallest absolute Gasteiger partial charge is 0.269 e. The number of rotatable bonds is 3. The fourth-order valence-corrected chi connectivity index (χ4v) is 4.04. The summed E-state index contributed by atoms with van der Waals surface area (Å²) in [6, 6.07) is 17.8. The zero-order valence-corrected chi connectivity index (χ0v) is 15.2. The summed E-state index contributed by atoms with van der Waals surface area (Å²) in [7, 11) is 0. The first-order valence-corrected chi connectivity index (χ1v) is 9.08. The second-order valence-corrected chi connectivity index (χ2v) is 6.98. The van der Waals surface area contributed by atoms with Gasteiger partial charge in [-0.25, -0.2) is 0 Å². The molecule has 0 saturated heterocycles. The van der Waals surface area contributed by atoms with Crippen LogP contribution in [-0.4, -0.2) is 21.1 Å². The third kappa shape index (κ3) is 2.57. The van der Waals surface area contributed by atoms with Crippen LogP contribution in [0, 0.1) is 10.1 Å². The number of allylic oxidation sites excluding steroid dienone is 2. The number of hydrogen-bond acceptors (Lipinski definition) is 4. The van der Waals surface area contributed by atoms with Gasteiger partial charge in [-0.2, -0.15) is 0 Å². The molecule has 0 fully saturated rings. The summed E-state index contributed by atoms with van der Waals surface area (Å²) in [6.45, 7) is 0.341. The van der Waals surface area contributed by atoms with Crippen molar-refractivity contribution >= 4 is 39.1 Å². The highest BCUT2D eigenvalue weighted by Crippen LogP contribution is 2.35. The molecule has 4 aromatic rings. The maximum atomic E-state index is 12.7. The Kier molecular flexibility index (Phi) is 3.67. The highest BCUT2D eigenvalue weighted by atomic mass is 16.6. The number of ketones is 2. The standard InChI is InChI=1S/C23H14N2O4/c26-20-10-11-21(27)22-18(20)9-8-17-16-6-1-2-7-19(16)24(23(17)22)13-14-4-3-5-15(12-14)25(28)29/h1-12H,13H2. The van der Waals surface area contributed by atoms with Gasteiger partial charge in [-0.05, 0) is 29.8 Å². The van der Waals surface area contributed by atoms with Crippen LogP contribution in [-0.2, 0) is 6.54 Å². The lowest BCUT2D eigenvalue weighted by Crippen LogP contribution is -2.14. The van der Waals surface area contributed by atoms with Crippen LogP contribution in [0.4, 0.5) is 5.69 Å². The van der Waals surface area contributed by atoms with Crippen LogP contribution in [0.15, 0.2) is 72.8 Å². The van der Waals surface area contributed by atoms with E-state index in [1.54, 1.807) is 12.1 Å². The lowest BCUT2D eigenvalue weighted by molar-refractivity contribution is -0.384. The van der Waals surface area contributed by atoms with Gasteiger partial charge in [0.15, 0.2) is 11.6 Å². The Hall–Kier alpha value is -4.06. The summed E-state index contributed by atoms with van der Waals surface area (Å²) >= 11 is 0. The maximum Gasteiger partial charge on any atom is 0.269 e. The quantitative estimate of drug-likeness (QED) is 0.380. The van der Waals surface area contributed by atoms with E-state index in [2.05, 4.69) is 0 Å². The molecule has 6 heteroatoms. The second-order valence-electron chi connectivity index (χ2n) is 6.98. The van der Waals surface area contributed by atoms with E-state index in [1.807, 2.05) is 41.0 Å². The molecule has 0 saturated carbocycles. The fraction of sp³-hybridized carbons (Fsp3) is 0.0435. The van der Waals surface area contributed by atoms with E-state index in [-0.39, 0.29) is 17.3 Å². The lowest BCUT2D eigenvalue weighted by atomic mass is 9.92. The molecule has 0 spiro atoms. The highest BCUT2D eigenvalue weighted by Gasteiger charge is 2.25. The van der Waals surface area contributed by atoms with Crippen molar-refractivity contribution in [2.45, 2.75) is 6.54 Å². The normalized spacial score (nSPS) is 13.2. The van der Waals surface area contributed by atoms with Crippen molar-refractivity contribution in [1.29, 1.82) is 0 Å². The lowest BCUT2D eigenvalue weighted by Gasteiger charge is -2.14. The van der Waals surface area contributed by atoms with Gasteiger partial charge < -0.3 is 4.57 Å². The third-order valence-electron chi connectivity index (χ3n) is 5.29. The number of carbonyl (C=O) groups excluding carboxylic acids is 2. The average molecular weight is 382 g/mol. The van der Waals surface area contributed by atoms with Crippen molar-refractivity contribution in [3.63, 3.8) is 0 Å². The van der Waals surface area contributed by atoms with Gasteiger partial charge in [-0.15, -0.1) is 0 Å². The minimum absolute atomic E-state index is 0.0134. The van der Waals surface area contributed by atoms with Crippen LogP contribution in [0.1, 0.15) is 26.3 Å². The monoisotopic (exact) mass is 382 g/mol. The van der Waals surface area contributed by atoms with Gasteiger partial charge in [0.1, 0.15) is 0 Å². The molecule has 0 N–H and O–H groups in total. The zero-order valence-electron chi connectivity index (χ0n) is 15.2. The number of benzene rings is 3. The fourth-order valence-electron chi connectivity index (χ4n) is 4.04. The number of fused-ring (bicyclic) bond motifs is 5. The van der Waals surface area contributed by atoms with E-state index < -0.39 is 4.92 Å². The topological polar surface area (TPSA) is 82.2 Å². The Balaban J connectivity index is 1.83. The summed E-state index contributed by atoms with van der Waals surface area (Å²) in [4.78, 5) is 35.8. The van der Waals surface area contributed by atoms with E-state index >= 15 is 0 Å².